The number of ether oxygens (including phenoxy) is 1. The lowest BCUT2D eigenvalue weighted by Crippen LogP contribution is -2.21. The van der Waals surface area contributed by atoms with Crippen molar-refractivity contribution in [2.45, 2.75) is 13.8 Å². The van der Waals surface area contributed by atoms with E-state index >= 15 is 0 Å². The third-order valence-electron chi connectivity index (χ3n) is 3.30. The second-order valence-electron chi connectivity index (χ2n) is 5.09. The molecule has 6 nitrogen and oxygen atoms in total. The summed E-state index contributed by atoms with van der Waals surface area (Å²) in [4.78, 5) is 0. The monoisotopic (exact) mass is 341 g/mol. The fourth-order valence-electron chi connectivity index (χ4n) is 1.82. The number of hydrazone groups is 1. The van der Waals surface area contributed by atoms with Crippen LogP contribution in [0.5, 0.6) is 11.5 Å². The van der Waals surface area contributed by atoms with Crippen molar-refractivity contribution in [3.05, 3.63) is 52.5 Å². The molecule has 0 fully saturated rings. The van der Waals surface area contributed by atoms with Crippen LogP contribution in [0.15, 0.2) is 41.5 Å². The summed E-state index contributed by atoms with van der Waals surface area (Å²) in [6.07, 6.45) is 0. The molecule has 0 radical (unpaired) electrons. The van der Waals surface area contributed by atoms with Gasteiger partial charge in [0.25, 0.3) is 0 Å². The number of benzene rings is 2. The first-order valence-electron chi connectivity index (χ1n) is 7.03. The molecule has 0 aliphatic carbocycles. The molecule has 7 heteroatoms. The SMILES string of the molecule is Cc1ccc(Oc2ccc(N/N=C(\C#N)C(=N)N)cc2Cl)cc1C. The van der Waals surface area contributed by atoms with Gasteiger partial charge in [-0.2, -0.15) is 10.4 Å². The molecule has 0 atom stereocenters. The van der Waals surface area contributed by atoms with E-state index in [2.05, 4.69) is 10.5 Å². The lowest BCUT2D eigenvalue weighted by Gasteiger charge is -2.10. The van der Waals surface area contributed by atoms with Crippen molar-refractivity contribution in [1.29, 1.82) is 10.7 Å². The molecule has 4 N–H and O–H groups in total. The number of hydrogen-bond donors (Lipinski definition) is 3. The third-order valence-corrected chi connectivity index (χ3v) is 3.59. The molecule has 0 aliphatic heterocycles. The minimum atomic E-state index is -0.411. The number of nitriles is 1. The van der Waals surface area contributed by atoms with Crippen molar-refractivity contribution in [2.24, 2.45) is 10.8 Å². The van der Waals surface area contributed by atoms with Crippen LogP contribution in [0.1, 0.15) is 11.1 Å². The number of anilines is 1. The van der Waals surface area contributed by atoms with Crippen LogP contribution in [-0.4, -0.2) is 11.5 Å². The maximum Gasteiger partial charge on any atom is 0.201 e. The summed E-state index contributed by atoms with van der Waals surface area (Å²) in [5, 5.41) is 20.1. The van der Waals surface area contributed by atoms with Gasteiger partial charge in [0.2, 0.25) is 5.71 Å². The zero-order valence-corrected chi connectivity index (χ0v) is 14.0. The Hall–Kier alpha value is -3.04. The molecule has 0 bridgehead atoms. The molecule has 0 aromatic heterocycles. The molecule has 2 rings (SSSR count). The Morgan fingerprint density at radius 1 is 1.25 bits per heavy atom. The Balaban J connectivity index is 2.16. The predicted octanol–water partition coefficient (Wildman–Crippen LogP) is 3.98. The van der Waals surface area contributed by atoms with E-state index < -0.39 is 5.84 Å². The molecule has 0 spiro atoms. The number of nitrogens with one attached hydrogen (secondary N) is 2. The maximum atomic E-state index is 8.79. The number of hydrogen-bond acceptors (Lipinski definition) is 5. The highest BCUT2D eigenvalue weighted by atomic mass is 35.5. The average molecular weight is 342 g/mol. The molecule has 122 valence electrons. The Bertz CT molecular complexity index is 855. The van der Waals surface area contributed by atoms with E-state index in [1.165, 1.54) is 5.56 Å². The van der Waals surface area contributed by atoms with E-state index in [1.54, 1.807) is 24.3 Å². The van der Waals surface area contributed by atoms with Gasteiger partial charge in [0.15, 0.2) is 5.84 Å². The summed E-state index contributed by atoms with van der Waals surface area (Å²) in [5.41, 5.74) is 10.5. The first kappa shape index (κ1) is 17.3. The lowest BCUT2D eigenvalue weighted by atomic mass is 10.1. The van der Waals surface area contributed by atoms with Crippen molar-refractivity contribution in [2.75, 3.05) is 5.43 Å². The minimum absolute atomic E-state index is 0.207. The molecule has 0 unspecified atom stereocenters. The van der Waals surface area contributed by atoms with Gasteiger partial charge in [0.1, 0.15) is 17.6 Å². The van der Waals surface area contributed by atoms with Gasteiger partial charge in [-0.1, -0.05) is 17.7 Å². The summed E-state index contributed by atoms with van der Waals surface area (Å²) in [6, 6.07) is 12.5. The average Bonchev–Trinajstić information content (AvgIpc) is 2.53. The third kappa shape index (κ3) is 4.24. The van der Waals surface area contributed by atoms with Crippen LogP contribution in [0, 0.1) is 30.6 Å². The van der Waals surface area contributed by atoms with E-state index in [9.17, 15) is 0 Å². The highest BCUT2D eigenvalue weighted by molar-refractivity contribution is 6.45. The van der Waals surface area contributed by atoms with Gasteiger partial charge in [-0.3, -0.25) is 10.8 Å². The largest absolute Gasteiger partial charge is 0.456 e. The van der Waals surface area contributed by atoms with Crippen LogP contribution >= 0.6 is 11.6 Å². The molecule has 24 heavy (non-hydrogen) atoms. The van der Waals surface area contributed by atoms with Crippen molar-refractivity contribution in [3.63, 3.8) is 0 Å². The number of rotatable bonds is 5. The van der Waals surface area contributed by atoms with Crippen LogP contribution in [0.4, 0.5) is 5.69 Å². The molecule has 0 amide bonds. The first-order chi connectivity index (χ1) is 11.4. The first-order valence-corrected chi connectivity index (χ1v) is 7.41. The van der Waals surface area contributed by atoms with E-state index in [1.807, 2.05) is 32.0 Å². The highest BCUT2D eigenvalue weighted by Gasteiger charge is 2.06. The second-order valence-corrected chi connectivity index (χ2v) is 5.50. The molecule has 2 aromatic carbocycles. The molecule has 0 heterocycles. The fraction of sp³-hybridized carbons (Fsp3) is 0.118. The van der Waals surface area contributed by atoms with Gasteiger partial charge in [-0.05, 0) is 55.3 Å². The normalized spacial score (nSPS) is 10.8. The quantitative estimate of drug-likeness (QED) is 0.434. The van der Waals surface area contributed by atoms with Gasteiger partial charge >= 0.3 is 0 Å². The zero-order chi connectivity index (χ0) is 17.7. The Labute approximate surface area is 145 Å². The minimum Gasteiger partial charge on any atom is -0.456 e. The van der Waals surface area contributed by atoms with E-state index in [0.29, 0.717) is 22.2 Å². The molecule has 0 aliphatic rings. The van der Waals surface area contributed by atoms with Crippen molar-refractivity contribution >= 4 is 28.8 Å². The molecule has 2 aromatic rings. The van der Waals surface area contributed by atoms with Crippen LogP contribution in [0.2, 0.25) is 5.02 Å². The highest BCUT2D eigenvalue weighted by Crippen LogP contribution is 2.32. The Morgan fingerprint density at radius 2 is 2.00 bits per heavy atom. The molecular weight excluding hydrogens is 326 g/mol. The van der Waals surface area contributed by atoms with Gasteiger partial charge in [-0.15, -0.1) is 0 Å². The number of nitrogens with two attached hydrogens (primary N) is 1. The second kappa shape index (κ2) is 7.49. The Kier molecular flexibility index (Phi) is 5.40. The number of aryl methyl sites for hydroxylation is 2. The van der Waals surface area contributed by atoms with Gasteiger partial charge in [0.05, 0.1) is 10.7 Å². The molecule has 0 saturated carbocycles. The number of nitrogens with zero attached hydrogens (tertiary/aromatic N) is 2. The standard InChI is InChI=1S/C17H16ClN5O/c1-10-3-5-13(7-11(10)2)24-16-6-4-12(8-14(16)18)22-23-15(9-19)17(20)21/h3-8,22H,1-2H3,(H3,20,21)/b23-15+. The molecular formula is C17H16ClN5O. The van der Waals surface area contributed by atoms with Gasteiger partial charge < -0.3 is 10.5 Å². The predicted molar refractivity (Wildman–Crippen MR) is 96.0 cm³/mol. The summed E-state index contributed by atoms with van der Waals surface area (Å²) < 4.78 is 5.78. The lowest BCUT2D eigenvalue weighted by molar-refractivity contribution is 0.482. The van der Waals surface area contributed by atoms with E-state index in [4.69, 9.17) is 32.7 Å². The van der Waals surface area contributed by atoms with Crippen molar-refractivity contribution < 1.29 is 4.74 Å². The zero-order valence-electron chi connectivity index (χ0n) is 13.2. The van der Waals surface area contributed by atoms with Gasteiger partial charge in [0, 0.05) is 0 Å². The fourth-order valence-corrected chi connectivity index (χ4v) is 2.04. The van der Waals surface area contributed by atoms with Crippen molar-refractivity contribution in [3.8, 4) is 17.6 Å². The summed E-state index contributed by atoms with van der Waals surface area (Å²) in [6.45, 7) is 4.04. The van der Waals surface area contributed by atoms with Crippen LogP contribution < -0.4 is 15.9 Å². The van der Waals surface area contributed by atoms with Crippen LogP contribution in [0.25, 0.3) is 0 Å². The van der Waals surface area contributed by atoms with Crippen LogP contribution in [-0.2, 0) is 0 Å². The summed E-state index contributed by atoms with van der Waals surface area (Å²) in [7, 11) is 0. The van der Waals surface area contributed by atoms with E-state index in [0.717, 1.165) is 5.56 Å². The Morgan fingerprint density at radius 3 is 2.58 bits per heavy atom. The topological polar surface area (TPSA) is 107 Å². The number of halogens is 1. The van der Waals surface area contributed by atoms with E-state index in [-0.39, 0.29) is 5.71 Å². The van der Waals surface area contributed by atoms with Crippen molar-refractivity contribution in [1.82, 2.24) is 0 Å². The summed E-state index contributed by atoms with van der Waals surface area (Å²) >= 11 is 6.22. The number of amidine groups is 1. The van der Waals surface area contributed by atoms with Gasteiger partial charge in [-0.25, -0.2) is 0 Å². The summed E-state index contributed by atoms with van der Waals surface area (Å²) in [5.74, 6) is 0.786. The molecule has 0 saturated heterocycles. The van der Waals surface area contributed by atoms with Crippen LogP contribution in [0.3, 0.4) is 0 Å². The maximum absolute atomic E-state index is 8.79. The smallest absolute Gasteiger partial charge is 0.201 e.